The Balaban J connectivity index is 2.78. The standard InChI is InChI=1S/C14H20BrFO2/c1-4-18-14(9(2)3)13(17)8-10-7-11(16)5-6-12(10)15/h5-7,9,13-14,17H,4,8H2,1-3H3. The summed E-state index contributed by atoms with van der Waals surface area (Å²) in [6.45, 7) is 6.47. The van der Waals surface area contributed by atoms with Crippen LogP contribution in [0.5, 0.6) is 0 Å². The van der Waals surface area contributed by atoms with Gasteiger partial charge in [0.2, 0.25) is 0 Å². The summed E-state index contributed by atoms with van der Waals surface area (Å²) in [7, 11) is 0. The predicted octanol–water partition coefficient (Wildman–Crippen LogP) is 3.55. The number of hydrogen-bond acceptors (Lipinski definition) is 2. The number of ether oxygens (including phenoxy) is 1. The van der Waals surface area contributed by atoms with Crippen molar-refractivity contribution in [2.45, 2.75) is 39.4 Å². The zero-order chi connectivity index (χ0) is 13.7. The summed E-state index contributed by atoms with van der Waals surface area (Å²) in [5.74, 6) is -0.0785. The molecule has 0 aliphatic heterocycles. The maximum atomic E-state index is 13.2. The number of aliphatic hydroxyl groups excluding tert-OH is 1. The molecule has 0 amide bonds. The number of rotatable bonds is 6. The molecule has 2 unspecified atom stereocenters. The van der Waals surface area contributed by atoms with Gasteiger partial charge in [-0.05, 0) is 36.6 Å². The summed E-state index contributed by atoms with van der Waals surface area (Å²) in [6, 6.07) is 4.49. The zero-order valence-corrected chi connectivity index (χ0v) is 12.6. The van der Waals surface area contributed by atoms with Gasteiger partial charge in [-0.15, -0.1) is 0 Å². The molecular formula is C14H20BrFO2. The monoisotopic (exact) mass is 318 g/mol. The number of aliphatic hydroxyl groups is 1. The van der Waals surface area contributed by atoms with Crippen molar-refractivity contribution in [3.8, 4) is 0 Å². The maximum absolute atomic E-state index is 13.2. The van der Waals surface area contributed by atoms with Crippen LogP contribution >= 0.6 is 15.9 Å². The van der Waals surface area contributed by atoms with E-state index in [-0.39, 0.29) is 17.8 Å². The van der Waals surface area contributed by atoms with Gasteiger partial charge in [0.1, 0.15) is 5.82 Å². The lowest BCUT2D eigenvalue weighted by atomic mass is 9.96. The lowest BCUT2D eigenvalue weighted by molar-refractivity contribution is -0.0562. The number of hydrogen-bond donors (Lipinski definition) is 1. The minimum Gasteiger partial charge on any atom is -0.390 e. The molecule has 0 saturated heterocycles. The summed E-state index contributed by atoms with van der Waals surface area (Å²) < 4.78 is 19.5. The van der Waals surface area contributed by atoms with E-state index in [0.29, 0.717) is 13.0 Å². The predicted molar refractivity (Wildman–Crippen MR) is 74.1 cm³/mol. The van der Waals surface area contributed by atoms with Gasteiger partial charge in [-0.2, -0.15) is 0 Å². The topological polar surface area (TPSA) is 29.5 Å². The molecule has 2 nitrogen and oxygen atoms in total. The number of halogens is 2. The Morgan fingerprint density at radius 1 is 1.39 bits per heavy atom. The molecule has 1 aromatic rings. The van der Waals surface area contributed by atoms with E-state index in [1.807, 2.05) is 20.8 Å². The van der Waals surface area contributed by atoms with Crippen molar-refractivity contribution in [3.05, 3.63) is 34.1 Å². The highest BCUT2D eigenvalue weighted by molar-refractivity contribution is 9.10. The Morgan fingerprint density at radius 2 is 2.06 bits per heavy atom. The molecule has 0 heterocycles. The largest absolute Gasteiger partial charge is 0.390 e. The van der Waals surface area contributed by atoms with Gasteiger partial charge in [-0.1, -0.05) is 29.8 Å². The van der Waals surface area contributed by atoms with Crippen molar-refractivity contribution in [1.29, 1.82) is 0 Å². The summed E-state index contributed by atoms with van der Waals surface area (Å²) in [5, 5.41) is 10.2. The molecule has 0 aliphatic rings. The van der Waals surface area contributed by atoms with Crippen molar-refractivity contribution in [1.82, 2.24) is 0 Å². The fraction of sp³-hybridized carbons (Fsp3) is 0.571. The Morgan fingerprint density at radius 3 is 2.61 bits per heavy atom. The van der Waals surface area contributed by atoms with E-state index >= 15 is 0 Å². The van der Waals surface area contributed by atoms with E-state index < -0.39 is 6.10 Å². The van der Waals surface area contributed by atoms with Crippen molar-refractivity contribution in [2.24, 2.45) is 5.92 Å². The second kappa shape index (κ2) is 7.22. The summed E-state index contributed by atoms with van der Waals surface area (Å²) in [5.41, 5.74) is 0.757. The molecular weight excluding hydrogens is 299 g/mol. The fourth-order valence-corrected chi connectivity index (χ4v) is 2.39. The lowest BCUT2D eigenvalue weighted by Crippen LogP contribution is -2.35. The first-order chi connectivity index (χ1) is 8.45. The van der Waals surface area contributed by atoms with Gasteiger partial charge in [0.05, 0.1) is 12.2 Å². The van der Waals surface area contributed by atoms with Gasteiger partial charge in [-0.25, -0.2) is 4.39 Å². The van der Waals surface area contributed by atoms with Gasteiger partial charge in [0.25, 0.3) is 0 Å². The highest BCUT2D eigenvalue weighted by Gasteiger charge is 2.24. The van der Waals surface area contributed by atoms with Crippen LogP contribution in [0.15, 0.2) is 22.7 Å². The molecule has 1 aromatic carbocycles. The summed E-state index contributed by atoms with van der Waals surface area (Å²) in [6.07, 6.45) is -0.491. The molecule has 0 spiro atoms. The van der Waals surface area contributed by atoms with E-state index in [9.17, 15) is 9.50 Å². The highest BCUT2D eigenvalue weighted by atomic mass is 79.9. The van der Waals surface area contributed by atoms with E-state index in [0.717, 1.165) is 10.0 Å². The molecule has 4 heteroatoms. The Hall–Kier alpha value is -0.450. The molecule has 0 radical (unpaired) electrons. The van der Waals surface area contributed by atoms with Crippen LogP contribution in [0, 0.1) is 11.7 Å². The smallest absolute Gasteiger partial charge is 0.123 e. The van der Waals surface area contributed by atoms with Crippen LogP contribution in [-0.4, -0.2) is 23.9 Å². The third-order valence-electron chi connectivity index (χ3n) is 2.83. The normalized spacial score (nSPS) is 14.8. The lowest BCUT2D eigenvalue weighted by Gasteiger charge is -2.26. The van der Waals surface area contributed by atoms with Gasteiger partial charge >= 0.3 is 0 Å². The summed E-state index contributed by atoms with van der Waals surface area (Å²) in [4.78, 5) is 0. The first-order valence-corrected chi connectivity index (χ1v) is 6.98. The molecule has 18 heavy (non-hydrogen) atoms. The van der Waals surface area contributed by atoms with Gasteiger partial charge < -0.3 is 9.84 Å². The first-order valence-electron chi connectivity index (χ1n) is 6.19. The molecule has 102 valence electrons. The van der Waals surface area contributed by atoms with Gasteiger partial charge in [0.15, 0.2) is 0 Å². The molecule has 0 saturated carbocycles. The fourth-order valence-electron chi connectivity index (χ4n) is 1.98. The van der Waals surface area contributed by atoms with Crippen LogP contribution in [-0.2, 0) is 11.2 Å². The van der Waals surface area contributed by atoms with Crippen LogP contribution in [0.2, 0.25) is 0 Å². The Kier molecular flexibility index (Phi) is 6.26. The van der Waals surface area contributed by atoms with Crippen molar-refractivity contribution >= 4 is 15.9 Å². The second-order valence-corrected chi connectivity index (χ2v) is 5.53. The second-order valence-electron chi connectivity index (χ2n) is 4.67. The van der Waals surface area contributed by atoms with Crippen LogP contribution in [0.4, 0.5) is 4.39 Å². The van der Waals surface area contributed by atoms with Crippen molar-refractivity contribution < 1.29 is 14.2 Å². The molecule has 0 bridgehead atoms. The van der Waals surface area contributed by atoms with E-state index in [4.69, 9.17) is 4.74 Å². The maximum Gasteiger partial charge on any atom is 0.123 e. The minimum atomic E-state index is -0.636. The quantitative estimate of drug-likeness (QED) is 0.869. The van der Waals surface area contributed by atoms with Gasteiger partial charge in [-0.3, -0.25) is 0 Å². The Bertz CT molecular complexity index is 382. The third-order valence-corrected chi connectivity index (χ3v) is 3.61. The number of benzene rings is 1. The van der Waals surface area contributed by atoms with Crippen molar-refractivity contribution in [2.75, 3.05) is 6.61 Å². The van der Waals surface area contributed by atoms with Crippen LogP contribution < -0.4 is 0 Å². The van der Waals surface area contributed by atoms with Crippen LogP contribution in [0.1, 0.15) is 26.3 Å². The van der Waals surface area contributed by atoms with Crippen LogP contribution in [0.25, 0.3) is 0 Å². The molecule has 2 atom stereocenters. The van der Waals surface area contributed by atoms with Crippen molar-refractivity contribution in [3.63, 3.8) is 0 Å². The molecule has 1 rings (SSSR count). The van der Waals surface area contributed by atoms with Gasteiger partial charge in [0, 0.05) is 17.5 Å². The average molecular weight is 319 g/mol. The average Bonchev–Trinajstić information content (AvgIpc) is 2.30. The zero-order valence-electron chi connectivity index (χ0n) is 11.0. The van der Waals surface area contributed by atoms with Crippen LogP contribution in [0.3, 0.4) is 0 Å². The van der Waals surface area contributed by atoms with E-state index in [2.05, 4.69) is 15.9 Å². The Labute approximate surface area is 116 Å². The van der Waals surface area contributed by atoms with E-state index in [1.54, 1.807) is 6.07 Å². The third kappa shape index (κ3) is 4.34. The minimum absolute atomic E-state index is 0.215. The molecule has 1 N–H and O–H groups in total. The van der Waals surface area contributed by atoms with E-state index in [1.165, 1.54) is 12.1 Å². The summed E-state index contributed by atoms with van der Waals surface area (Å²) >= 11 is 3.37. The molecule has 0 aromatic heterocycles. The molecule has 0 fully saturated rings. The molecule has 0 aliphatic carbocycles. The first kappa shape index (κ1) is 15.6. The highest BCUT2D eigenvalue weighted by Crippen LogP contribution is 2.22. The SMILES string of the molecule is CCOC(C(C)C)C(O)Cc1cc(F)ccc1Br.